The summed E-state index contributed by atoms with van der Waals surface area (Å²) in [5.74, 6) is 1.19. The van der Waals surface area contributed by atoms with Crippen molar-refractivity contribution in [3.05, 3.63) is 58.2 Å². The van der Waals surface area contributed by atoms with Crippen molar-refractivity contribution in [3.8, 4) is 0 Å². The minimum atomic E-state index is -0.350. The van der Waals surface area contributed by atoms with Gasteiger partial charge in [-0.05, 0) is 43.7 Å². The molecule has 4 amide bonds. The molecule has 2 N–H and O–H groups in total. The van der Waals surface area contributed by atoms with Gasteiger partial charge in [0.1, 0.15) is 24.5 Å². The second-order valence-corrected chi connectivity index (χ2v) is 11.7. The predicted molar refractivity (Wildman–Crippen MR) is 148 cm³/mol. The number of pyridine rings is 1. The van der Waals surface area contributed by atoms with Crippen LogP contribution in [0.1, 0.15) is 53.1 Å². The highest BCUT2D eigenvalue weighted by Crippen LogP contribution is 2.48. The zero-order valence-electron chi connectivity index (χ0n) is 22.0. The number of hydrogen-bond donors (Lipinski definition) is 2. The van der Waals surface area contributed by atoms with Crippen molar-refractivity contribution in [2.24, 2.45) is 5.92 Å². The van der Waals surface area contributed by atoms with E-state index in [4.69, 9.17) is 4.98 Å². The van der Waals surface area contributed by atoms with Gasteiger partial charge < -0.3 is 15.0 Å². The highest BCUT2D eigenvalue weighted by Gasteiger charge is 2.45. The normalized spacial score (nSPS) is 20.4. The summed E-state index contributed by atoms with van der Waals surface area (Å²) in [4.78, 5) is 58.1. The van der Waals surface area contributed by atoms with Crippen LogP contribution in [0, 0.1) is 12.8 Å². The molecule has 3 aliphatic rings. The van der Waals surface area contributed by atoms with Crippen LogP contribution in [-0.2, 0) is 16.1 Å². The fraction of sp³-hybridized carbons (Fsp3) is 0.370. The van der Waals surface area contributed by atoms with E-state index in [9.17, 15) is 14.4 Å². The summed E-state index contributed by atoms with van der Waals surface area (Å²) in [5, 5.41) is 9.18. The van der Waals surface area contributed by atoms with E-state index in [-0.39, 0.29) is 36.2 Å². The Hall–Kier alpha value is -4.39. The molecule has 3 fully saturated rings. The van der Waals surface area contributed by atoms with E-state index < -0.39 is 0 Å². The van der Waals surface area contributed by atoms with Gasteiger partial charge in [0.15, 0.2) is 5.65 Å². The molecule has 13 heteroatoms. The van der Waals surface area contributed by atoms with Crippen LogP contribution >= 0.6 is 11.3 Å². The minimum absolute atomic E-state index is 0.00000911. The summed E-state index contributed by atoms with van der Waals surface area (Å²) in [5.41, 5.74) is 4.11. The minimum Gasteiger partial charge on any atom is -0.364 e. The largest absolute Gasteiger partial charge is 0.364 e. The highest BCUT2D eigenvalue weighted by atomic mass is 32.1. The molecule has 0 aromatic carbocycles. The Morgan fingerprint density at radius 1 is 1.12 bits per heavy atom. The Bertz CT molecular complexity index is 1680. The first-order valence-corrected chi connectivity index (χ1v) is 14.1. The number of anilines is 3. The van der Waals surface area contributed by atoms with Crippen molar-refractivity contribution in [2.45, 2.75) is 44.6 Å². The van der Waals surface area contributed by atoms with E-state index in [0.29, 0.717) is 35.4 Å². The highest BCUT2D eigenvalue weighted by molar-refractivity contribution is 7.09. The van der Waals surface area contributed by atoms with E-state index in [2.05, 4.69) is 31.8 Å². The number of likely N-dealkylation sites (N-methyl/N-ethyl adjacent to an activating group) is 1. The smallest absolute Gasteiger partial charge is 0.331 e. The molecule has 2 saturated carbocycles. The number of aryl methyl sites for hydroxylation is 1. The number of aromatic nitrogens is 5. The Labute approximate surface area is 233 Å². The maximum Gasteiger partial charge on any atom is 0.331 e. The summed E-state index contributed by atoms with van der Waals surface area (Å²) in [6, 6.07) is 3.33. The van der Waals surface area contributed by atoms with Crippen molar-refractivity contribution in [1.82, 2.24) is 29.2 Å². The molecule has 2 atom stereocenters. The van der Waals surface area contributed by atoms with Gasteiger partial charge in [-0.15, -0.1) is 11.3 Å². The number of nitrogens with zero attached hydrogens (tertiary/aromatic N) is 7. The summed E-state index contributed by atoms with van der Waals surface area (Å²) < 4.78 is 1.93. The van der Waals surface area contributed by atoms with E-state index in [1.54, 1.807) is 17.4 Å². The molecular weight excluding hydrogens is 530 g/mol. The molecule has 4 aromatic heterocycles. The second kappa shape index (κ2) is 9.37. The Morgan fingerprint density at radius 2 is 1.95 bits per heavy atom. The fourth-order valence-corrected chi connectivity index (χ4v) is 5.82. The molecular formula is C27H27N9O3S. The van der Waals surface area contributed by atoms with Crippen LogP contribution in [0.2, 0.25) is 0 Å². The van der Waals surface area contributed by atoms with E-state index in [1.165, 1.54) is 18.3 Å². The zero-order chi connectivity index (χ0) is 27.5. The summed E-state index contributed by atoms with van der Waals surface area (Å²) in [6.45, 7) is 2.33. The van der Waals surface area contributed by atoms with Crippen molar-refractivity contribution in [2.75, 3.05) is 29.1 Å². The van der Waals surface area contributed by atoms with E-state index in [1.807, 2.05) is 29.0 Å². The number of urea groups is 1. The fourth-order valence-electron chi connectivity index (χ4n) is 5.15. The quantitative estimate of drug-likeness (QED) is 0.314. The number of thiazole rings is 1. The Morgan fingerprint density at radius 3 is 2.67 bits per heavy atom. The van der Waals surface area contributed by atoms with Gasteiger partial charge in [-0.25, -0.2) is 24.7 Å². The lowest BCUT2D eigenvalue weighted by Gasteiger charge is -2.17. The summed E-state index contributed by atoms with van der Waals surface area (Å²) in [7, 11) is 1.50. The van der Waals surface area contributed by atoms with Crippen LogP contribution < -0.4 is 15.5 Å². The van der Waals surface area contributed by atoms with Gasteiger partial charge in [0.2, 0.25) is 11.8 Å². The third kappa shape index (κ3) is 4.55. The summed E-state index contributed by atoms with van der Waals surface area (Å²) >= 11 is 1.60. The lowest BCUT2D eigenvalue weighted by Crippen LogP contribution is -2.30. The molecule has 4 aromatic rings. The monoisotopic (exact) mass is 557 g/mol. The molecule has 2 aliphatic carbocycles. The van der Waals surface area contributed by atoms with Gasteiger partial charge in [0.05, 0.1) is 28.6 Å². The summed E-state index contributed by atoms with van der Waals surface area (Å²) in [6.07, 6.45) is 8.38. The van der Waals surface area contributed by atoms with E-state index >= 15 is 0 Å². The number of nitrogens with one attached hydrogen (secondary N) is 2. The van der Waals surface area contributed by atoms with Crippen LogP contribution in [0.3, 0.4) is 0 Å². The van der Waals surface area contributed by atoms with Gasteiger partial charge in [-0.1, -0.05) is 0 Å². The maximum atomic E-state index is 12.8. The molecule has 0 spiro atoms. The average Bonchev–Trinajstić information content (AvgIpc) is 3.85. The lowest BCUT2D eigenvalue weighted by molar-refractivity contribution is -0.124. The third-order valence-electron chi connectivity index (χ3n) is 7.64. The number of carbonyl (C=O) groups is 3. The zero-order valence-corrected chi connectivity index (χ0v) is 22.8. The van der Waals surface area contributed by atoms with Crippen molar-refractivity contribution < 1.29 is 14.4 Å². The maximum absolute atomic E-state index is 12.8. The topological polar surface area (TPSA) is 138 Å². The number of imidazole rings is 1. The van der Waals surface area contributed by atoms with E-state index in [0.717, 1.165) is 46.1 Å². The number of hydrogen-bond acceptors (Lipinski definition) is 9. The average molecular weight is 558 g/mol. The van der Waals surface area contributed by atoms with Gasteiger partial charge in [-0.2, -0.15) is 0 Å². The molecule has 5 heterocycles. The van der Waals surface area contributed by atoms with Crippen molar-refractivity contribution in [3.63, 3.8) is 0 Å². The van der Waals surface area contributed by atoms with Crippen molar-refractivity contribution in [1.29, 1.82) is 0 Å². The van der Waals surface area contributed by atoms with Crippen LogP contribution in [0.15, 0.2) is 36.2 Å². The first-order chi connectivity index (χ1) is 19.3. The molecule has 7 rings (SSSR count). The number of carbonyl (C=O) groups excluding carboxylic acids is 3. The molecule has 204 valence electrons. The van der Waals surface area contributed by atoms with Crippen LogP contribution in [0.5, 0.6) is 0 Å². The number of amides is 4. The number of rotatable bonds is 8. The first-order valence-electron chi connectivity index (χ1n) is 13.2. The van der Waals surface area contributed by atoms with Gasteiger partial charge >= 0.3 is 6.03 Å². The lowest BCUT2D eigenvalue weighted by atomic mass is 10.1. The molecule has 0 radical (unpaired) electrons. The van der Waals surface area contributed by atoms with Crippen molar-refractivity contribution >= 4 is 52.2 Å². The molecule has 12 nitrogen and oxygen atoms in total. The molecule has 40 heavy (non-hydrogen) atoms. The Kier molecular flexibility index (Phi) is 5.77. The standard InChI is InChI=1S/C27H27N9O3S/c1-14-31-20(12-40-14)18-6-19(18)26(38)33-23-7-22(29-13-30-23)28-8-17-10-35-9-16(15-3-4-15)5-21(25(35)32-17)36-11-24(37)34(2)27(36)39/h5,7,9-10,12-13,15,18-19H,3-4,6,8,11H2,1-2H3,(H2,28,29,30,33,38). The van der Waals surface area contributed by atoms with Crippen LogP contribution in [0.25, 0.3) is 5.65 Å². The molecule has 0 bridgehead atoms. The third-order valence-corrected chi connectivity index (χ3v) is 8.43. The van der Waals surface area contributed by atoms with Crippen LogP contribution in [0.4, 0.5) is 22.1 Å². The second-order valence-electron chi connectivity index (χ2n) is 10.6. The Balaban J connectivity index is 1.06. The van der Waals surface area contributed by atoms with Crippen LogP contribution in [-0.4, -0.2) is 60.7 Å². The predicted octanol–water partition coefficient (Wildman–Crippen LogP) is 3.52. The molecule has 1 aliphatic heterocycles. The number of fused-ring (bicyclic) bond motifs is 1. The van der Waals surface area contributed by atoms with Gasteiger partial charge in [0, 0.05) is 42.7 Å². The first kappa shape index (κ1) is 24.6. The molecule has 1 saturated heterocycles. The van der Waals surface area contributed by atoms with Gasteiger partial charge in [-0.3, -0.25) is 19.4 Å². The molecule has 2 unspecified atom stereocenters. The SMILES string of the molecule is Cc1nc(C2CC2C(=O)Nc2cc(NCc3cn4cc(C5CC5)cc(N5CC(=O)N(C)C5=O)c4n3)ncn2)cs1. The number of imide groups is 1. The van der Waals surface area contributed by atoms with Gasteiger partial charge in [0.25, 0.3) is 0 Å².